The van der Waals surface area contributed by atoms with Crippen LogP contribution in [0.5, 0.6) is 0 Å². The van der Waals surface area contributed by atoms with Gasteiger partial charge in [-0.15, -0.1) is 0 Å². The monoisotopic (exact) mass is 294 g/mol. The molecular weight excluding hydrogens is 264 g/mol. The van der Waals surface area contributed by atoms with Crippen molar-refractivity contribution < 1.29 is 9.59 Å². The fourth-order valence-corrected chi connectivity index (χ4v) is 3.42. The zero-order valence-corrected chi connectivity index (χ0v) is 13.9. The third-order valence-electron chi connectivity index (χ3n) is 4.81. The molecule has 2 rings (SSSR count). The number of carbonyl (C=O) groups is 2. The number of nitrogens with zero attached hydrogens (tertiary/aromatic N) is 1. The van der Waals surface area contributed by atoms with Gasteiger partial charge in [-0.05, 0) is 38.0 Å². The summed E-state index contributed by atoms with van der Waals surface area (Å²) in [7, 11) is 0. The number of carbonyl (C=O) groups excluding carboxylic acids is 2. The molecule has 0 bridgehead atoms. The normalized spacial score (nSPS) is 28.0. The first-order chi connectivity index (χ1) is 9.97. The van der Waals surface area contributed by atoms with Gasteiger partial charge in [0, 0.05) is 6.04 Å². The Morgan fingerprint density at radius 2 is 1.86 bits per heavy atom. The summed E-state index contributed by atoms with van der Waals surface area (Å²) in [5.41, 5.74) is 0. The zero-order valence-electron chi connectivity index (χ0n) is 13.9. The van der Waals surface area contributed by atoms with Crippen LogP contribution in [0.4, 0.5) is 0 Å². The molecule has 120 valence electrons. The van der Waals surface area contributed by atoms with Gasteiger partial charge in [0.2, 0.25) is 11.8 Å². The number of hydrogen-bond acceptors (Lipinski definition) is 2. The van der Waals surface area contributed by atoms with E-state index in [1.165, 1.54) is 12.8 Å². The first-order valence-corrected chi connectivity index (χ1v) is 8.59. The quantitative estimate of drug-likeness (QED) is 0.734. The lowest BCUT2D eigenvalue weighted by molar-refractivity contribution is -0.154. The summed E-state index contributed by atoms with van der Waals surface area (Å²) in [6, 6.07) is -0.408. The van der Waals surface area contributed by atoms with Gasteiger partial charge in [-0.1, -0.05) is 40.0 Å². The number of rotatable bonds is 7. The minimum atomic E-state index is -0.302. The summed E-state index contributed by atoms with van der Waals surface area (Å²) >= 11 is 0. The molecule has 0 aromatic heterocycles. The van der Waals surface area contributed by atoms with Gasteiger partial charge in [0.15, 0.2) is 0 Å². The second kappa shape index (κ2) is 6.80. The average molecular weight is 294 g/mol. The Morgan fingerprint density at radius 1 is 1.19 bits per heavy atom. The topological polar surface area (TPSA) is 49.4 Å². The van der Waals surface area contributed by atoms with Crippen LogP contribution < -0.4 is 5.32 Å². The van der Waals surface area contributed by atoms with Crippen molar-refractivity contribution in [2.24, 2.45) is 11.8 Å². The number of nitrogens with one attached hydrogen (secondary N) is 1. The van der Waals surface area contributed by atoms with Crippen molar-refractivity contribution in [3.8, 4) is 0 Å². The minimum absolute atomic E-state index is 0.0452. The van der Waals surface area contributed by atoms with Crippen LogP contribution in [0.15, 0.2) is 0 Å². The summed E-state index contributed by atoms with van der Waals surface area (Å²) in [4.78, 5) is 27.2. The van der Waals surface area contributed by atoms with E-state index in [1.54, 1.807) is 0 Å². The molecule has 21 heavy (non-hydrogen) atoms. The minimum Gasteiger partial charge on any atom is -0.342 e. The van der Waals surface area contributed by atoms with E-state index in [0.29, 0.717) is 5.92 Å². The van der Waals surface area contributed by atoms with Crippen molar-refractivity contribution in [1.29, 1.82) is 0 Å². The van der Waals surface area contributed by atoms with Crippen LogP contribution in [0, 0.1) is 11.8 Å². The second-order valence-corrected chi connectivity index (χ2v) is 7.10. The predicted molar refractivity (Wildman–Crippen MR) is 83.7 cm³/mol. The van der Waals surface area contributed by atoms with E-state index >= 15 is 0 Å². The van der Waals surface area contributed by atoms with E-state index < -0.39 is 0 Å². The molecule has 4 nitrogen and oxygen atoms in total. The van der Waals surface area contributed by atoms with Gasteiger partial charge in [-0.25, -0.2) is 0 Å². The lowest BCUT2D eigenvalue weighted by Gasteiger charge is -2.44. The molecule has 1 heterocycles. The fourth-order valence-electron chi connectivity index (χ4n) is 3.42. The third-order valence-corrected chi connectivity index (χ3v) is 4.81. The van der Waals surface area contributed by atoms with Gasteiger partial charge >= 0.3 is 0 Å². The first-order valence-electron chi connectivity index (χ1n) is 8.59. The Balaban J connectivity index is 2.13. The van der Waals surface area contributed by atoms with E-state index in [2.05, 4.69) is 19.2 Å². The highest BCUT2D eigenvalue weighted by Gasteiger charge is 2.48. The van der Waals surface area contributed by atoms with Crippen LogP contribution in [0.3, 0.4) is 0 Å². The van der Waals surface area contributed by atoms with Crippen molar-refractivity contribution in [1.82, 2.24) is 10.2 Å². The molecule has 2 aliphatic rings. The van der Waals surface area contributed by atoms with Crippen LogP contribution in [0.1, 0.15) is 66.2 Å². The average Bonchev–Trinajstić information content (AvgIpc) is 3.24. The summed E-state index contributed by atoms with van der Waals surface area (Å²) in [5, 5.41) is 2.98. The number of amides is 2. The highest BCUT2D eigenvalue weighted by molar-refractivity contribution is 5.97. The van der Waals surface area contributed by atoms with Crippen molar-refractivity contribution in [3.63, 3.8) is 0 Å². The van der Waals surface area contributed by atoms with E-state index in [1.807, 2.05) is 18.7 Å². The van der Waals surface area contributed by atoms with Gasteiger partial charge in [-0.2, -0.15) is 0 Å². The molecule has 0 radical (unpaired) electrons. The molecule has 0 spiro atoms. The van der Waals surface area contributed by atoms with Gasteiger partial charge < -0.3 is 10.2 Å². The van der Waals surface area contributed by atoms with Crippen molar-refractivity contribution >= 4 is 11.8 Å². The van der Waals surface area contributed by atoms with Crippen LogP contribution in [0.2, 0.25) is 0 Å². The molecule has 3 unspecified atom stereocenters. The van der Waals surface area contributed by atoms with Crippen LogP contribution in [-0.4, -0.2) is 34.8 Å². The Labute approximate surface area is 128 Å². The van der Waals surface area contributed by atoms with E-state index in [0.717, 1.165) is 25.7 Å². The maximum atomic E-state index is 12.9. The molecule has 4 heteroatoms. The molecule has 0 aromatic rings. The highest BCUT2D eigenvalue weighted by atomic mass is 16.2. The molecule has 1 aliphatic heterocycles. The van der Waals surface area contributed by atoms with E-state index in [4.69, 9.17) is 0 Å². The molecule has 1 aliphatic carbocycles. The Bertz CT molecular complexity index is 390. The summed E-state index contributed by atoms with van der Waals surface area (Å²) in [6.45, 7) is 8.34. The third kappa shape index (κ3) is 3.58. The van der Waals surface area contributed by atoms with Crippen LogP contribution >= 0.6 is 0 Å². The molecule has 1 saturated carbocycles. The maximum absolute atomic E-state index is 12.9. The maximum Gasteiger partial charge on any atom is 0.246 e. The van der Waals surface area contributed by atoms with Gasteiger partial charge in [0.1, 0.15) is 12.1 Å². The summed E-state index contributed by atoms with van der Waals surface area (Å²) < 4.78 is 0. The smallest absolute Gasteiger partial charge is 0.246 e. The second-order valence-electron chi connectivity index (χ2n) is 7.10. The van der Waals surface area contributed by atoms with Gasteiger partial charge in [-0.3, -0.25) is 9.59 Å². The van der Waals surface area contributed by atoms with E-state index in [9.17, 15) is 9.59 Å². The van der Waals surface area contributed by atoms with Crippen molar-refractivity contribution in [2.45, 2.75) is 84.3 Å². The zero-order chi connectivity index (χ0) is 15.6. The van der Waals surface area contributed by atoms with Gasteiger partial charge in [0.25, 0.3) is 0 Å². The van der Waals surface area contributed by atoms with Crippen molar-refractivity contribution in [2.75, 3.05) is 0 Å². The number of piperazine rings is 1. The Morgan fingerprint density at radius 3 is 2.38 bits per heavy atom. The summed E-state index contributed by atoms with van der Waals surface area (Å²) in [5.74, 6) is 0.728. The molecular formula is C17H30N2O2. The standard InChI is InChI=1S/C17H30N2O2/c1-5-6-7-8-12(4)19-15(11(2)3)16(20)18-14(17(19)21)13-9-10-13/h11-15H,5-10H2,1-4H3,(H,18,20). The van der Waals surface area contributed by atoms with Crippen LogP contribution in [-0.2, 0) is 9.59 Å². The predicted octanol–water partition coefficient (Wildman–Crippen LogP) is 2.72. The molecule has 1 N–H and O–H groups in total. The lowest BCUT2D eigenvalue weighted by atomic mass is 9.92. The highest BCUT2D eigenvalue weighted by Crippen LogP contribution is 2.36. The number of hydrogen-bond donors (Lipinski definition) is 1. The molecule has 3 atom stereocenters. The molecule has 1 saturated heterocycles. The Hall–Kier alpha value is -1.06. The number of unbranched alkanes of at least 4 members (excludes halogenated alkanes) is 2. The Kier molecular flexibility index (Phi) is 5.28. The van der Waals surface area contributed by atoms with E-state index in [-0.39, 0.29) is 35.9 Å². The lowest BCUT2D eigenvalue weighted by Crippen LogP contribution is -2.67. The summed E-state index contributed by atoms with van der Waals surface area (Å²) in [6.07, 6.45) is 6.63. The molecule has 2 fully saturated rings. The largest absolute Gasteiger partial charge is 0.342 e. The fraction of sp³-hybridized carbons (Fsp3) is 0.882. The SMILES string of the molecule is CCCCCC(C)N1C(=O)C(C2CC2)NC(=O)C1C(C)C. The van der Waals surface area contributed by atoms with Crippen molar-refractivity contribution in [3.05, 3.63) is 0 Å². The molecule has 0 aromatic carbocycles. The first kappa shape index (κ1) is 16.3. The molecule has 2 amide bonds. The van der Waals surface area contributed by atoms with Crippen LogP contribution in [0.25, 0.3) is 0 Å². The van der Waals surface area contributed by atoms with Gasteiger partial charge in [0.05, 0.1) is 0 Å².